The van der Waals surface area contributed by atoms with Gasteiger partial charge < -0.3 is 34.1 Å². The van der Waals surface area contributed by atoms with Crippen molar-refractivity contribution >= 4 is 41.8 Å². The van der Waals surface area contributed by atoms with Gasteiger partial charge in [-0.2, -0.15) is 5.26 Å². The van der Waals surface area contributed by atoms with Gasteiger partial charge in [0.05, 0.1) is 45.6 Å². The molecule has 114 heavy (non-hydrogen) atoms. The largest absolute Gasteiger partial charge is 0.624 e. The number of hydrogen-bond donors (Lipinski definition) is 0. The molecule has 0 radical (unpaired) electrons. The number of aryl methyl sites for hydroxylation is 4. The van der Waals surface area contributed by atoms with Crippen molar-refractivity contribution in [3.63, 3.8) is 0 Å². The molecule has 0 atom stereocenters. The Hall–Kier alpha value is -9.30. The molecule has 0 N–H and O–H groups in total. The Morgan fingerprint density at radius 3 is 0.807 bits per heavy atom. The molecular weight excluding hydrogens is 1430 g/mol. The summed E-state index contributed by atoms with van der Waals surface area (Å²) in [7, 11) is 8.17. The second kappa shape index (κ2) is 89.3. The van der Waals surface area contributed by atoms with Gasteiger partial charge >= 0.3 is 29.8 Å². The monoisotopic (exact) mass is 1590 g/mol. The number of esters is 5. The molecule has 0 amide bonds. The maximum atomic E-state index is 11.0. The number of methoxy groups -OCH3 is 3. The van der Waals surface area contributed by atoms with Gasteiger partial charge in [-0.25, -0.2) is 14.3 Å². The SMILES string of the molecule is C/C=C(\C)C#N.CC.CC.CC.CC.CC.CC.CC.CC(=O)Oc1ccc(OC(C)=O)cc1.CC12CCC(C)(CC1)CC2.CC1CCC(C)CC1.CC=C(C)C.CC=CC(C)=O.CC=[N+](C)[O-].CN=[N+](C)[O-].COC(=O)c1ccc(C(=O)OC)cc1.COC(C)=O.Cc1ccc(-c2ccc(C)cc2)cc1.Cc1ccc(C)cc1. The lowest BCUT2D eigenvalue weighted by atomic mass is 9.55. The van der Waals surface area contributed by atoms with E-state index in [9.17, 15) is 39.2 Å². The third kappa shape index (κ3) is 86.7. The first kappa shape index (κ1) is 128. The summed E-state index contributed by atoms with van der Waals surface area (Å²) in [6, 6.07) is 40.0. The number of azo groups is 1. The quantitative estimate of drug-likeness (QED) is 0.0131. The molecular formula is C97H164N4O13. The van der Waals surface area contributed by atoms with Gasteiger partial charge in [-0.05, 0) is 208 Å². The number of allylic oxidation sites excluding steroid dienone is 6. The van der Waals surface area contributed by atoms with Crippen LogP contribution in [0.3, 0.4) is 0 Å². The fourth-order valence-corrected chi connectivity index (χ4v) is 8.30. The first-order chi connectivity index (χ1) is 53.9. The van der Waals surface area contributed by atoms with Crippen LogP contribution in [0.25, 0.3) is 11.1 Å². The molecule has 4 aliphatic rings. The maximum Gasteiger partial charge on any atom is 0.337 e. The zero-order valence-electron chi connectivity index (χ0n) is 79.3. The Bertz CT molecular complexity index is 3040. The van der Waals surface area contributed by atoms with Gasteiger partial charge in [0, 0.05) is 33.3 Å². The first-order valence-electron chi connectivity index (χ1n) is 40.8. The van der Waals surface area contributed by atoms with Gasteiger partial charge in [0.25, 0.3) is 0 Å². The topological polar surface area (TPSA) is 237 Å². The minimum absolute atomic E-state index is 0.109. The molecule has 4 fully saturated rings. The molecule has 0 aromatic heterocycles. The molecule has 0 heterocycles. The normalized spacial score (nSPS) is 14.7. The number of ketones is 1. The summed E-state index contributed by atoms with van der Waals surface area (Å²) < 4.78 is 23.5. The van der Waals surface area contributed by atoms with E-state index in [-0.39, 0.29) is 23.7 Å². The molecule has 4 aliphatic carbocycles. The molecule has 5 aromatic rings. The smallest absolute Gasteiger partial charge is 0.337 e. The summed E-state index contributed by atoms with van der Waals surface area (Å²) in [5.74, 6) is 1.13. The van der Waals surface area contributed by atoms with E-state index in [0.29, 0.717) is 27.5 Å². The highest BCUT2D eigenvalue weighted by Crippen LogP contribution is 2.56. The molecule has 5 aromatic carbocycles. The Morgan fingerprint density at radius 2 is 0.675 bits per heavy atom. The summed E-state index contributed by atoms with van der Waals surface area (Å²) in [6.07, 6.45) is 23.5. The highest BCUT2D eigenvalue weighted by atomic mass is 16.5. The number of nitriles is 1. The Balaban J connectivity index is -0.000000113. The van der Waals surface area contributed by atoms with Crippen molar-refractivity contribution < 1.29 is 62.1 Å². The number of rotatable bonds is 6. The number of nitrogens with zero attached hydrogens (tertiary/aromatic N) is 4. The van der Waals surface area contributed by atoms with E-state index < -0.39 is 11.9 Å². The number of benzene rings is 5. The van der Waals surface area contributed by atoms with Crippen LogP contribution < -0.4 is 9.47 Å². The predicted molar refractivity (Wildman–Crippen MR) is 488 cm³/mol. The van der Waals surface area contributed by atoms with Crippen molar-refractivity contribution in [3.05, 3.63) is 201 Å². The molecule has 2 bridgehead atoms. The van der Waals surface area contributed by atoms with Crippen LogP contribution in [-0.4, -0.2) is 93.9 Å². The third-order valence-corrected chi connectivity index (χ3v) is 15.6. The van der Waals surface area contributed by atoms with E-state index in [4.69, 9.17) is 14.7 Å². The molecule has 17 heteroatoms. The van der Waals surface area contributed by atoms with Crippen molar-refractivity contribution in [2.45, 2.75) is 293 Å². The summed E-state index contributed by atoms with van der Waals surface area (Å²) in [5.41, 5.74) is 12.3. The number of carbonyl (C=O) groups excluding carboxylic acids is 6. The van der Waals surface area contributed by atoms with Gasteiger partial charge in [-0.3, -0.25) is 19.2 Å². The Kier molecular flexibility index (Phi) is 100. The van der Waals surface area contributed by atoms with E-state index in [2.05, 4.69) is 167 Å². The number of hydroxylamine groups is 2. The number of hydrogen-bond acceptors (Lipinski definition) is 15. The van der Waals surface area contributed by atoms with Gasteiger partial charge in [0.2, 0.25) is 0 Å². The van der Waals surface area contributed by atoms with E-state index in [0.717, 1.165) is 33.0 Å². The van der Waals surface area contributed by atoms with Crippen LogP contribution in [0.2, 0.25) is 0 Å². The zero-order valence-corrected chi connectivity index (χ0v) is 79.3. The Morgan fingerprint density at radius 1 is 0.447 bits per heavy atom. The lowest BCUT2D eigenvalue weighted by molar-refractivity contribution is -0.497. The van der Waals surface area contributed by atoms with Crippen LogP contribution in [0.15, 0.2) is 162 Å². The molecule has 0 spiro atoms. The lowest BCUT2D eigenvalue weighted by Gasteiger charge is -2.50. The van der Waals surface area contributed by atoms with Gasteiger partial charge in [0.15, 0.2) is 12.8 Å². The average Bonchev–Trinajstić information content (AvgIpc) is 0.786. The molecule has 0 aliphatic heterocycles. The minimum atomic E-state index is -0.429. The molecule has 0 saturated heterocycles. The third-order valence-electron chi connectivity index (χ3n) is 15.6. The summed E-state index contributed by atoms with van der Waals surface area (Å²) in [5, 5.41) is 30.4. The van der Waals surface area contributed by atoms with E-state index in [1.807, 2.05) is 124 Å². The van der Waals surface area contributed by atoms with Crippen LogP contribution in [0.4, 0.5) is 0 Å². The molecule has 0 unspecified atom stereocenters. The highest BCUT2D eigenvalue weighted by molar-refractivity contribution is 5.93. The number of ether oxygens (including phenoxy) is 5. The molecule has 17 nitrogen and oxygen atoms in total. The van der Waals surface area contributed by atoms with Crippen molar-refractivity contribution in [1.29, 1.82) is 5.26 Å². The Labute approximate surface area is 697 Å². The van der Waals surface area contributed by atoms with Crippen LogP contribution in [0, 0.1) is 72.1 Å². The van der Waals surface area contributed by atoms with Crippen LogP contribution >= 0.6 is 0 Å². The second-order valence-electron chi connectivity index (χ2n) is 25.3. The van der Waals surface area contributed by atoms with Gasteiger partial charge in [-0.15, -0.1) is 4.86 Å². The molecule has 9 rings (SSSR count). The van der Waals surface area contributed by atoms with E-state index in [1.165, 1.54) is 210 Å². The van der Waals surface area contributed by atoms with E-state index in [1.54, 1.807) is 50.3 Å². The van der Waals surface area contributed by atoms with Crippen molar-refractivity contribution in [1.82, 2.24) is 0 Å². The summed E-state index contributed by atoms with van der Waals surface area (Å²) in [4.78, 5) is 63.2. The van der Waals surface area contributed by atoms with Crippen molar-refractivity contribution in [3.8, 4) is 28.7 Å². The standard InChI is InChI=1S/C14H14.2C10H10O4.C10H18.C8H16.C8H10.C5H7N.C5H8O.C5H10.C3H7NO.C3H6O2.C2H6N2O.7C2H6/c1-11-3-7-13(8-4-11)14-9-5-12(2)6-10-14;1-13-9(11)7-3-5-8(6-4-7)10(12)14-2;1-7(11)13-9-3-5-10(6-4-9)14-8(2)12;1-9-3-6-10(2,7-4-9)8-5-9;2*1-7-3-5-8(2)6-4-7;1-3-5(2)4-6;1-3-4-5(2)6;1-4-5(2)3;1-3-4(2)5;1-3(4)5-2;1-3-4(2)5;7*1-2/h3-10H,1-2H3;2*3-6H,1-2H3;3-8H2,1-2H3;7-8H,3-6H2,1-2H3;3-6H,1-2H3;3H,1-2H3;3-4H,1-2H3;4H,1-3H3;3H,1-2H3;2*1-2H3;7*1-2H3/b;;;;;;5-3+;;;;;;;;;;;;. The van der Waals surface area contributed by atoms with Crippen LogP contribution in [-0.2, 0) is 33.4 Å². The predicted octanol–water partition coefficient (Wildman–Crippen LogP) is 27.7. The fraction of sp³-hybridized carbons (Fsp3) is 0.546. The zero-order chi connectivity index (χ0) is 91.4. The maximum absolute atomic E-state index is 11.0. The number of fused-ring (bicyclic) bond motifs is 3. The average molecular weight is 1590 g/mol. The summed E-state index contributed by atoms with van der Waals surface area (Å²) in [6.45, 7) is 65.0. The first-order valence-corrected chi connectivity index (χ1v) is 40.8. The molecule has 4 saturated carbocycles. The summed E-state index contributed by atoms with van der Waals surface area (Å²) >= 11 is 0. The highest BCUT2D eigenvalue weighted by Gasteiger charge is 2.43. The van der Waals surface area contributed by atoms with Crippen molar-refractivity contribution in [2.75, 3.05) is 42.5 Å². The minimum Gasteiger partial charge on any atom is -0.624 e. The van der Waals surface area contributed by atoms with Gasteiger partial charge in [0.1, 0.15) is 24.8 Å². The fourth-order valence-electron chi connectivity index (χ4n) is 8.30. The van der Waals surface area contributed by atoms with Crippen molar-refractivity contribution in [2.24, 2.45) is 27.8 Å². The lowest BCUT2D eigenvalue weighted by Crippen LogP contribution is -2.37. The number of carbonyl (C=O) groups is 6. The molecule has 650 valence electrons. The van der Waals surface area contributed by atoms with E-state index >= 15 is 0 Å². The van der Waals surface area contributed by atoms with Crippen LogP contribution in [0.1, 0.15) is 308 Å². The van der Waals surface area contributed by atoms with Crippen LogP contribution in [0.5, 0.6) is 11.5 Å². The second-order valence-corrected chi connectivity index (χ2v) is 25.3. The van der Waals surface area contributed by atoms with Gasteiger partial charge in [-0.1, -0.05) is 269 Å².